The van der Waals surface area contributed by atoms with Gasteiger partial charge in [-0.25, -0.2) is 0 Å². The number of hydrogen-bond donors (Lipinski definition) is 0. The van der Waals surface area contributed by atoms with E-state index in [1.54, 1.807) is 0 Å². The molecule has 1 aliphatic carbocycles. The van der Waals surface area contributed by atoms with Crippen LogP contribution in [0.2, 0.25) is 0 Å². The van der Waals surface area contributed by atoms with E-state index in [4.69, 9.17) is 0 Å². The predicted molar refractivity (Wildman–Crippen MR) is 57.2 cm³/mol. The Bertz CT molecular complexity index is 342. The van der Waals surface area contributed by atoms with Crippen LogP contribution in [0.15, 0.2) is 30.3 Å². The maximum Gasteiger partial charge on any atom is 0.136 e. The Morgan fingerprint density at radius 2 is 1.93 bits per heavy atom. The first-order valence-electron chi connectivity index (χ1n) is 5.23. The van der Waals surface area contributed by atoms with E-state index >= 15 is 0 Å². The molecule has 1 aromatic rings. The Hall–Kier alpha value is -1.11. The second kappa shape index (κ2) is 3.23. The van der Waals surface area contributed by atoms with Gasteiger partial charge in [-0.05, 0) is 12.0 Å². The Kier molecular flexibility index (Phi) is 2.18. The molecule has 1 saturated carbocycles. The highest BCUT2D eigenvalue weighted by Crippen LogP contribution is 2.42. The number of ketones is 1. The lowest BCUT2D eigenvalue weighted by Gasteiger charge is -2.28. The minimum absolute atomic E-state index is 0.0678. The van der Waals surface area contributed by atoms with E-state index in [1.165, 1.54) is 5.56 Å². The third-order valence-electron chi connectivity index (χ3n) is 3.76. The van der Waals surface area contributed by atoms with Crippen molar-refractivity contribution in [2.75, 3.05) is 0 Å². The second-order valence-corrected chi connectivity index (χ2v) is 4.47. The molecule has 14 heavy (non-hydrogen) atoms. The molecular weight excluding hydrogens is 172 g/mol. The number of carbonyl (C=O) groups excluding carboxylic acids is 1. The molecule has 1 aliphatic rings. The van der Waals surface area contributed by atoms with E-state index in [-0.39, 0.29) is 11.3 Å². The number of rotatable bonds is 1. The van der Waals surface area contributed by atoms with Crippen LogP contribution < -0.4 is 0 Å². The van der Waals surface area contributed by atoms with Gasteiger partial charge in [0.25, 0.3) is 0 Å². The number of hydrogen-bond acceptors (Lipinski definition) is 1. The third kappa shape index (κ3) is 1.28. The van der Waals surface area contributed by atoms with Crippen molar-refractivity contribution in [2.45, 2.75) is 32.1 Å². The second-order valence-electron chi connectivity index (χ2n) is 4.47. The van der Waals surface area contributed by atoms with Crippen molar-refractivity contribution in [2.24, 2.45) is 5.92 Å². The Morgan fingerprint density at radius 1 is 1.29 bits per heavy atom. The smallest absolute Gasteiger partial charge is 0.136 e. The van der Waals surface area contributed by atoms with Crippen molar-refractivity contribution in [3.63, 3.8) is 0 Å². The normalized spacial score (nSPS) is 32.1. The zero-order valence-electron chi connectivity index (χ0n) is 8.79. The standard InChI is InChI=1S/C13H16O/c1-10-12(14)8-9-13(10,2)11-6-4-3-5-7-11/h3-7,10H,8-9H2,1-2H3. The predicted octanol–water partition coefficient (Wildman–Crippen LogP) is 2.94. The van der Waals surface area contributed by atoms with Crippen LogP contribution in [0.3, 0.4) is 0 Å². The molecule has 0 aromatic heterocycles. The van der Waals surface area contributed by atoms with Gasteiger partial charge in [0.2, 0.25) is 0 Å². The summed E-state index contributed by atoms with van der Waals surface area (Å²) in [4.78, 5) is 11.6. The molecule has 0 spiro atoms. The first-order chi connectivity index (χ1) is 6.64. The van der Waals surface area contributed by atoms with Crippen molar-refractivity contribution in [3.05, 3.63) is 35.9 Å². The fraction of sp³-hybridized carbons (Fsp3) is 0.462. The van der Waals surface area contributed by atoms with Gasteiger partial charge in [0, 0.05) is 17.8 Å². The minimum Gasteiger partial charge on any atom is -0.299 e. The summed E-state index contributed by atoms with van der Waals surface area (Å²) in [5.74, 6) is 0.584. The van der Waals surface area contributed by atoms with Crippen molar-refractivity contribution >= 4 is 5.78 Å². The summed E-state index contributed by atoms with van der Waals surface area (Å²) in [5, 5.41) is 0. The van der Waals surface area contributed by atoms with E-state index in [2.05, 4.69) is 38.1 Å². The Morgan fingerprint density at radius 3 is 2.43 bits per heavy atom. The molecule has 0 saturated heterocycles. The monoisotopic (exact) mass is 188 g/mol. The van der Waals surface area contributed by atoms with Gasteiger partial charge in [-0.15, -0.1) is 0 Å². The molecule has 0 N–H and O–H groups in total. The average molecular weight is 188 g/mol. The molecule has 1 fully saturated rings. The lowest BCUT2D eigenvalue weighted by molar-refractivity contribution is -0.120. The van der Waals surface area contributed by atoms with Crippen LogP contribution in [0.5, 0.6) is 0 Å². The number of carbonyl (C=O) groups is 1. The highest BCUT2D eigenvalue weighted by atomic mass is 16.1. The highest BCUT2D eigenvalue weighted by Gasteiger charge is 2.42. The van der Waals surface area contributed by atoms with Gasteiger partial charge in [-0.1, -0.05) is 44.2 Å². The molecular formula is C13H16O. The zero-order valence-corrected chi connectivity index (χ0v) is 8.79. The summed E-state index contributed by atoms with van der Waals surface area (Å²) in [6.45, 7) is 4.26. The molecule has 1 heteroatoms. The molecule has 1 nitrogen and oxygen atoms in total. The first kappa shape index (κ1) is 9.45. The lowest BCUT2D eigenvalue weighted by atomic mass is 9.75. The van der Waals surface area contributed by atoms with Crippen LogP contribution in [0, 0.1) is 5.92 Å². The van der Waals surface area contributed by atoms with Gasteiger partial charge in [-0.3, -0.25) is 4.79 Å². The maximum absolute atomic E-state index is 11.6. The van der Waals surface area contributed by atoms with Crippen molar-refractivity contribution < 1.29 is 4.79 Å². The SMILES string of the molecule is CC1C(=O)CCC1(C)c1ccccc1. The summed E-state index contributed by atoms with van der Waals surface area (Å²) >= 11 is 0. The molecule has 74 valence electrons. The Balaban J connectivity index is 2.39. The van der Waals surface area contributed by atoms with E-state index in [1.807, 2.05) is 6.07 Å². The summed E-state index contributed by atoms with van der Waals surface area (Å²) in [5.41, 5.74) is 1.37. The average Bonchev–Trinajstić information content (AvgIpc) is 2.49. The maximum atomic E-state index is 11.6. The molecule has 1 aromatic carbocycles. The summed E-state index contributed by atoms with van der Waals surface area (Å²) < 4.78 is 0. The van der Waals surface area contributed by atoms with Crippen LogP contribution in [0.25, 0.3) is 0 Å². The highest BCUT2D eigenvalue weighted by molar-refractivity contribution is 5.85. The molecule has 0 amide bonds. The topological polar surface area (TPSA) is 17.1 Å². The van der Waals surface area contributed by atoms with Gasteiger partial charge in [0.05, 0.1) is 0 Å². The summed E-state index contributed by atoms with van der Waals surface area (Å²) in [6.07, 6.45) is 1.74. The van der Waals surface area contributed by atoms with Gasteiger partial charge in [-0.2, -0.15) is 0 Å². The molecule has 0 heterocycles. The fourth-order valence-corrected chi connectivity index (χ4v) is 2.38. The lowest BCUT2D eigenvalue weighted by Crippen LogP contribution is -2.27. The van der Waals surface area contributed by atoms with Crippen LogP contribution in [-0.4, -0.2) is 5.78 Å². The fourth-order valence-electron chi connectivity index (χ4n) is 2.38. The van der Waals surface area contributed by atoms with Crippen molar-refractivity contribution in [1.29, 1.82) is 0 Å². The zero-order chi connectivity index (χ0) is 10.2. The van der Waals surface area contributed by atoms with Crippen LogP contribution in [-0.2, 0) is 10.2 Å². The van der Waals surface area contributed by atoms with E-state index in [0.717, 1.165) is 12.8 Å². The quantitative estimate of drug-likeness (QED) is 0.662. The summed E-state index contributed by atoms with van der Waals surface area (Å²) in [7, 11) is 0. The molecule has 2 atom stereocenters. The van der Waals surface area contributed by atoms with Crippen LogP contribution >= 0.6 is 0 Å². The van der Waals surface area contributed by atoms with Crippen molar-refractivity contribution in [3.8, 4) is 0 Å². The van der Waals surface area contributed by atoms with Gasteiger partial charge >= 0.3 is 0 Å². The van der Waals surface area contributed by atoms with Crippen LogP contribution in [0.4, 0.5) is 0 Å². The summed E-state index contributed by atoms with van der Waals surface area (Å²) in [6, 6.07) is 10.4. The van der Waals surface area contributed by atoms with E-state index in [9.17, 15) is 4.79 Å². The van der Waals surface area contributed by atoms with Crippen LogP contribution in [0.1, 0.15) is 32.3 Å². The van der Waals surface area contributed by atoms with E-state index in [0.29, 0.717) is 5.78 Å². The largest absolute Gasteiger partial charge is 0.299 e. The van der Waals surface area contributed by atoms with Gasteiger partial charge in [0.1, 0.15) is 5.78 Å². The molecule has 2 rings (SSSR count). The van der Waals surface area contributed by atoms with Gasteiger partial charge in [0.15, 0.2) is 0 Å². The van der Waals surface area contributed by atoms with E-state index < -0.39 is 0 Å². The molecule has 2 unspecified atom stereocenters. The van der Waals surface area contributed by atoms with Crippen molar-refractivity contribution in [1.82, 2.24) is 0 Å². The van der Waals surface area contributed by atoms with Gasteiger partial charge < -0.3 is 0 Å². The minimum atomic E-state index is 0.0678. The number of Topliss-reactive ketones (excluding diaryl/α,β-unsaturated/α-hetero) is 1. The molecule has 0 bridgehead atoms. The first-order valence-corrected chi connectivity index (χ1v) is 5.23. The number of benzene rings is 1. The Labute approximate surface area is 85.1 Å². The molecule has 0 radical (unpaired) electrons. The molecule has 0 aliphatic heterocycles. The third-order valence-corrected chi connectivity index (χ3v) is 3.76.